The average Bonchev–Trinajstić information content (AvgIpc) is 2.84. The Morgan fingerprint density at radius 3 is 2.35 bits per heavy atom. The molecule has 1 fully saturated rings. The Morgan fingerprint density at radius 1 is 0.774 bits per heavy atom. The number of pyridine rings is 1. The van der Waals surface area contributed by atoms with E-state index in [0.717, 1.165) is 41.1 Å². The molecule has 5 rings (SSSR count). The van der Waals surface area contributed by atoms with Gasteiger partial charge in [0.05, 0.1) is 0 Å². The molecular formula is C24H22N6O. The molecule has 1 N–H and O–H groups in total. The van der Waals surface area contributed by atoms with Gasteiger partial charge in [0.25, 0.3) is 5.91 Å². The molecule has 1 aliphatic rings. The fraction of sp³-hybridized carbons (Fsp3) is 0.167. The lowest BCUT2D eigenvalue weighted by Gasteiger charge is -2.35. The molecule has 0 aliphatic carbocycles. The molecule has 7 heteroatoms. The zero-order valence-corrected chi connectivity index (χ0v) is 17.0. The first-order valence-corrected chi connectivity index (χ1v) is 10.3. The van der Waals surface area contributed by atoms with Gasteiger partial charge in [-0.1, -0.05) is 42.5 Å². The maximum absolute atomic E-state index is 13.1. The minimum Gasteiger partial charge on any atom is -0.352 e. The zero-order valence-electron chi connectivity index (χ0n) is 17.0. The molecule has 0 saturated carbocycles. The summed E-state index contributed by atoms with van der Waals surface area (Å²) in [5.74, 6) is 2.26. The van der Waals surface area contributed by atoms with E-state index in [1.807, 2.05) is 77.7 Å². The molecule has 7 nitrogen and oxygen atoms in total. The second kappa shape index (κ2) is 8.39. The summed E-state index contributed by atoms with van der Waals surface area (Å²) in [6.07, 6.45) is 1.73. The Labute approximate surface area is 180 Å². The number of hydrogen-bond donors (Lipinski definition) is 1. The number of aromatic nitrogens is 3. The van der Waals surface area contributed by atoms with Gasteiger partial charge in [-0.05, 0) is 41.1 Å². The lowest BCUT2D eigenvalue weighted by Crippen LogP contribution is -2.49. The van der Waals surface area contributed by atoms with E-state index in [0.29, 0.717) is 18.9 Å². The maximum Gasteiger partial charge on any atom is 0.254 e. The number of benzene rings is 2. The third-order valence-corrected chi connectivity index (χ3v) is 5.48. The average molecular weight is 410 g/mol. The normalized spacial score (nSPS) is 13.9. The largest absolute Gasteiger partial charge is 0.352 e. The number of nitrogens with zero attached hydrogens (tertiary/aromatic N) is 5. The van der Waals surface area contributed by atoms with E-state index in [1.165, 1.54) is 0 Å². The number of carbonyl (C=O) groups excluding carboxylic acids is 1. The molecule has 0 bridgehead atoms. The van der Waals surface area contributed by atoms with Crippen molar-refractivity contribution >= 4 is 34.1 Å². The second-order valence-electron chi connectivity index (χ2n) is 7.42. The number of rotatable bonds is 4. The predicted octanol–water partition coefficient (Wildman–Crippen LogP) is 3.73. The van der Waals surface area contributed by atoms with Crippen LogP contribution in [0.15, 0.2) is 79.0 Å². The van der Waals surface area contributed by atoms with Gasteiger partial charge >= 0.3 is 0 Å². The van der Waals surface area contributed by atoms with Gasteiger partial charge in [0.15, 0.2) is 11.6 Å². The van der Waals surface area contributed by atoms with Crippen LogP contribution >= 0.6 is 0 Å². The first kappa shape index (κ1) is 19.0. The minimum absolute atomic E-state index is 0.0810. The van der Waals surface area contributed by atoms with Crippen LogP contribution in [0.3, 0.4) is 0 Å². The molecule has 3 heterocycles. The summed E-state index contributed by atoms with van der Waals surface area (Å²) in [6, 6.07) is 23.4. The number of hydrogen-bond acceptors (Lipinski definition) is 6. The van der Waals surface area contributed by atoms with Crippen molar-refractivity contribution in [2.24, 2.45) is 0 Å². The van der Waals surface area contributed by atoms with Crippen LogP contribution < -0.4 is 10.2 Å². The molecule has 31 heavy (non-hydrogen) atoms. The highest BCUT2D eigenvalue weighted by atomic mass is 16.2. The molecule has 4 aromatic rings. The van der Waals surface area contributed by atoms with Gasteiger partial charge in [-0.15, -0.1) is 10.2 Å². The Balaban J connectivity index is 1.23. The Bertz CT molecular complexity index is 1180. The van der Waals surface area contributed by atoms with Crippen molar-refractivity contribution in [1.29, 1.82) is 0 Å². The molecule has 0 atom stereocenters. The summed E-state index contributed by atoms with van der Waals surface area (Å²) in [4.78, 5) is 21.4. The lowest BCUT2D eigenvalue weighted by atomic mass is 10.0. The smallest absolute Gasteiger partial charge is 0.254 e. The van der Waals surface area contributed by atoms with E-state index in [4.69, 9.17) is 0 Å². The first-order valence-electron chi connectivity index (χ1n) is 10.3. The van der Waals surface area contributed by atoms with E-state index < -0.39 is 0 Å². The van der Waals surface area contributed by atoms with E-state index >= 15 is 0 Å². The fourth-order valence-corrected chi connectivity index (χ4v) is 3.85. The van der Waals surface area contributed by atoms with Crippen molar-refractivity contribution in [2.45, 2.75) is 0 Å². The second-order valence-corrected chi connectivity index (χ2v) is 7.42. The van der Waals surface area contributed by atoms with Crippen molar-refractivity contribution in [2.75, 3.05) is 36.4 Å². The highest BCUT2D eigenvalue weighted by Crippen LogP contribution is 2.22. The van der Waals surface area contributed by atoms with E-state index in [-0.39, 0.29) is 5.91 Å². The molecule has 0 spiro atoms. The van der Waals surface area contributed by atoms with Gasteiger partial charge < -0.3 is 15.1 Å². The highest BCUT2D eigenvalue weighted by molar-refractivity contribution is 6.07. The van der Waals surface area contributed by atoms with Gasteiger partial charge in [0, 0.05) is 37.9 Å². The van der Waals surface area contributed by atoms with Crippen molar-refractivity contribution in [1.82, 2.24) is 20.1 Å². The van der Waals surface area contributed by atoms with Crippen molar-refractivity contribution in [3.63, 3.8) is 0 Å². The standard InChI is InChI=1S/C24H22N6O/c31-24(20-9-5-7-18-6-1-2-8-19(18)20)30-16-14-29(15-17-30)23-12-11-22(27-28-23)26-21-10-3-4-13-25-21/h1-13H,14-17H2,(H,25,26,27). The van der Waals surface area contributed by atoms with Gasteiger partial charge in [0.1, 0.15) is 5.82 Å². The molecular weight excluding hydrogens is 388 g/mol. The molecule has 154 valence electrons. The van der Waals surface area contributed by atoms with E-state index in [1.54, 1.807) is 6.20 Å². The monoisotopic (exact) mass is 410 g/mol. The van der Waals surface area contributed by atoms with Crippen LogP contribution in [-0.2, 0) is 0 Å². The van der Waals surface area contributed by atoms with Crippen LogP contribution in [-0.4, -0.2) is 52.2 Å². The van der Waals surface area contributed by atoms with Gasteiger partial charge in [0.2, 0.25) is 0 Å². The predicted molar refractivity (Wildman–Crippen MR) is 122 cm³/mol. The first-order chi connectivity index (χ1) is 15.3. The Hall–Kier alpha value is -4.00. The van der Waals surface area contributed by atoms with Crippen LogP contribution in [0.4, 0.5) is 17.5 Å². The number of fused-ring (bicyclic) bond motifs is 1. The topological polar surface area (TPSA) is 74.2 Å². The molecule has 1 aliphatic heterocycles. The minimum atomic E-state index is 0.0810. The van der Waals surface area contributed by atoms with Gasteiger partial charge in [-0.25, -0.2) is 4.98 Å². The number of piperazine rings is 1. The summed E-state index contributed by atoms with van der Waals surface area (Å²) in [5.41, 5.74) is 0.760. The third kappa shape index (κ3) is 4.02. The zero-order chi connectivity index (χ0) is 21.0. The van der Waals surface area contributed by atoms with Crippen molar-refractivity contribution in [3.05, 3.63) is 84.6 Å². The number of amides is 1. The van der Waals surface area contributed by atoms with Crippen LogP contribution in [0, 0.1) is 0 Å². The molecule has 1 amide bonds. The van der Waals surface area contributed by atoms with E-state index in [9.17, 15) is 4.79 Å². The van der Waals surface area contributed by atoms with Crippen LogP contribution in [0.2, 0.25) is 0 Å². The Kier molecular flexibility index (Phi) is 5.14. The summed E-state index contributed by atoms with van der Waals surface area (Å²) < 4.78 is 0. The van der Waals surface area contributed by atoms with E-state index in [2.05, 4.69) is 25.4 Å². The molecule has 0 unspecified atom stereocenters. The summed E-state index contributed by atoms with van der Waals surface area (Å²) in [7, 11) is 0. The molecule has 2 aromatic carbocycles. The van der Waals surface area contributed by atoms with Gasteiger partial charge in [-0.3, -0.25) is 4.79 Å². The highest BCUT2D eigenvalue weighted by Gasteiger charge is 2.24. The van der Waals surface area contributed by atoms with Gasteiger partial charge in [-0.2, -0.15) is 0 Å². The van der Waals surface area contributed by atoms with Crippen molar-refractivity contribution < 1.29 is 4.79 Å². The van der Waals surface area contributed by atoms with Crippen LogP contribution in [0.5, 0.6) is 0 Å². The van der Waals surface area contributed by atoms with Crippen LogP contribution in [0.25, 0.3) is 10.8 Å². The molecule has 2 aromatic heterocycles. The summed E-state index contributed by atoms with van der Waals surface area (Å²) >= 11 is 0. The van der Waals surface area contributed by atoms with Crippen LogP contribution in [0.1, 0.15) is 10.4 Å². The molecule has 1 saturated heterocycles. The number of nitrogens with one attached hydrogen (secondary N) is 1. The number of carbonyl (C=O) groups is 1. The SMILES string of the molecule is O=C(c1cccc2ccccc12)N1CCN(c2ccc(Nc3ccccn3)nn2)CC1. The van der Waals surface area contributed by atoms with Crippen molar-refractivity contribution in [3.8, 4) is 0 Å². The lowest BCUT2D eigenvalue weighted by molar-refractivity contribution is 0.0748. The Morgan fingerprint density at radius 2 is 1.58 bits per heavy atom. The quantitative estimate of drug-likeness (QED) is 0.553. The third-order valence-electron chi connectivity index (χ3n) is 5.48. The number of anilines is 3. The maximum atomic E-state index is 13.1. The molecule has 0 radical (unpaired) electrons. The summed E-state index contributed by atoms with van der Waals surface area (Å²) in [5, 5.41) is 13.8. The fourth-order valence-electron chi connectivity index (χ4n) is 3.85. The summed E-state index contributed by atoms with van der Waals surface area (Å²) in [6.45, 7) is 2.74.